The van der Waals surface area contributed by atoms with Gasteiger partial charge in [0.25, 0.3) is 0 Å². The molecule has 0 aromatic heterocycles. The van der Waals surface area contributed by atoms with Crippen LogP contribution in [0.4, 0.5) is 0 Å². The zero-order valence-corrected chi connectivity index (χ0v) is 60.1. The normalized spacial score (nSPS) is 16.5. The number of carbonyl (C=O) groups is 4. The molecule has 4 aliphatic carbocycles. The van der Waals surface area contributed by atoms with E-state index in [9.17, 15) is 19.2 Å². The maximum absolute atomic E-state index is 11.2. The van der Waals surface area contributed by atoms with Gasteiger partial charge in [-0.25, -0.2) is 0 Å². The molecule has 4 aliphatic rings. The van der Waals surface area contributed by atoms with Gasteiger partial charge >= 0.3 is 59.1 Å². The van der Waals surface area contributed by atoms with Crippen molar-refractivity contribution in [1.82, 2.24) is 0 Å². The minimum absolute atomic E-state index is 0. The number of carbonyl (C=O) groups excluding carboxylic acids is 4. The van der Waals surface area contributed by atoms with E-state index in [0.717, 1.165) is 93.8 Å². The van der Waals surface area contributed by atoms with E-state index in [1.807, 2.05) is 61.5 Å². The third kappa shape index (κ3) is 57.8. The summed E-state index contributed by atoms with van der Waals surface area (Å²) in [5, 5.41) is 0. The van der Waals surface area contributed by atoms with Crippen LogP contribution < -0.4 is 59.1 Å². The van der Waals surface area contributed by atoms with Crippen LogP contribution in [0.25, 0.3) is 11.1 Å². The van der Waals surface area contributed by atoms with Crippen LogP contribution in [0, 0.1) is 323 Å². The Kier molecular flexibility index (Phi) is 94.6. The van der Waals surface area contributed by atoms with E-state index in [4.69, 9.17) is 0 Å². The molecule has 0 amide bonds. The monoisotopic (exact) mass is 1240 g/mol. The van der Waals surface area contributed by atoms with Crippen LogP contribution in [0.5, 0.6) is 0 Å². The van der Waals surface area contributed by atoms with Gasteiger partial charge in [-0.2, -0.15) is 26.7 Å². The van der Waals surface area contributed by atoms with Gasteiger partial charge in [0.2, 0.25) is 0 Å². The Bertz CT molecular complexity index is 1570. The smallest absolute Gasteiger partial charge is 0.334 e. The molecule has 2 atom stereocenters. The molecule has 6 rings (SSSR count). The van der Waals surface area contributed by atoms with Crippen molar-refractivity contribution in [2.75, 3.05) is 0 Å². The second kappa shape index (κ2) is 66.1. The number of ketones is 4. The third-order valence-electron chi connectivity index (χ3n) is 13.2. The molecule has 0 radical (unpaired) electrons. The van der Waals surface area contributed by atoms with Gasteiger partial charge in [-0.15, -0.1) is 0 Å². The standard InChI is InChI=1S/C13H12.C8H14O.C8H18.C7H12O.C7H11O.C7H16.C6H9O.C6H14.7Ar.2Na/c1-11-7-5-6-10-13(11)12-8-3-2-4-9-12;1-6-4-5-8(2,3)7(6)9;1-7(2)5-6-8(3)4;1-7(2)5-3-4-6(7)8;1-5-3-4-6(2)7(5)8;1-4-5-6-7(2)3;1-5-3-2-4-6(5)7;1-3-5-6-4-2;;;;;;;;;/h2-10H,1H3;6H,4-5H2,1-3H3;7-8H,5-6H2,1-4H3;3-5H2,1-2H3;5H,3-4H2,1-2H3;7H,4-6H2,1-3H3;2-4H2,1H3;3-6H2,1-2H3;;;;;;;;;/q;;;;-1;;-1;;;;;;;;;2*+1. The number of aryl methyl sites for hydroxylation is 1. The largest absolute Gasteiger partial charge is 1.00 e. The third-order valence-corrected chi connectivity index (χ3v) is 13.2. The molecule has 75 heavy (non-hydrogen) atoms. The number of Topliss-reactive ketones (excluding diaryl/α,β-unsaturated/α-hetero) is 4. The summed E-state index contributed by atoms with van der Waals surface area (Å²) in [6, 6.07) is 18.9. The van der Waals surface area contributed by atoms with E-state index >= 15 is 0 Å². The summed E-state index contributed by atoms with van der Waals surface area (Å²) in [7, 11) is 0. The quantitative estimate of drug-likeness (QED) is 0.135. The van der Waals surface area contributed by atoms with Crippen molar-refractivity contribution in [3.63, 3.8) is 0 Å². The van der Waals surface area contributed by atoms with Gasteiger partial charge in [0.15, 0.2) is 0 Å². The van der Waals surface area contributed by atoms with Gasteiger partial charge in [-0.1, -0.05) is 229 Å². The molecule has 0 aliphatic heterocycles. The molecule has 0 bridgehead atoms. The van der Waals surface area contributed by atoms with Gasteiger partial charge in [0, 0.05) is 299 Å². The predicted octanol–water partition coefficient (Wildman–Crippen LogP) is 12.9. The van der Waals surface area contributed by atoms with Crippen LogP contribution >= 0.6 is 0 Å². The van der Waals surface area contributed by atoms with Gasteiger partial charge in [-0.3, -0.25) is 9.59 Å². The minimum Gasteiger partial charge on any atom is -0.334 e. The molecule has 0 N–H and O–H groups in total. The average molecular weight is 1240 g/mol. The van der Waals surface area contributed by atoms with Gasteiger partial charge in [-0.05, 0) is 79.4 Å². The first-order chi connectivity index (χ1) is 30.9. The van der Waals surface area contributed by atoms with Crippen molar-refractivity contribution in [2.45, 2.75) is 247 Å². The van der Waals surface area contributed by atoms with Crippen molar-refractivity contribution < 1.29 is 342 Å². The van der Waals surface area contributed by atoms with Crippen molar-refractivity contribution >= 4 is 23.1 Å². The molecule has 0 heterocycles. The van der Waals surface area contributed by atoms with Gasteiger partial charge in [0.05, 0.1) is 0 Å². The molecule has 2 unspecified atom stereocenters. The SMILES string of the molecule is CC(C)CCC(C)C.CC1(C)CCCC1=O.CC1CCC(C)(C)C1=O.CCCCC(C)C.CCCCCC.C[C-]1CCC(C)C1=O.C[C-]1CCCC1=O.Cc1ccccc1-c1ccccc1.[Ar].[Ar].[Ar].[Ar].[Ar].[Ar].[Ar].[Na+].[Na+]. The average Bonchev–Trinajstić information content (AvgIpc) is 3.98. The summed E-state index contributed by atoms with van der Waals surface area (Å²) in [6.07, 6.45) is 22.7. The number of hydrogen-bond acceptors (Lipinski definition) is 4. The summed E-state index contributed by atoms with van der Waals surface area (Å²) >= 11 is 0. The molecular formula is C62H106Ar7Na2O4. The molecule has 4 fully saturated rings. The molecule has 4 nitrogen and oxygen atoms in total. The Hall–Kier alpha value is 7.68. The topological polar surface area (TPSA) is 68.3 Å². The second-order valence-electron chi connectivity index (χ2n) is 22.3. The Morgan fingerprint density at radius 2 is 0.987 bits per heavy atom. The zero-order chi connectivity index (χ0) is 50.9. The first-order valence-electron chi connectivity index (χ1n) is 26.8. The molecule has 2 aromatic rings. The van der Waals surface area contributed by atoms with Crippen LogP contribution in [-0.2, 0) is 19.2 Å². The Morgan fingerprint density at radius 3 is 1.20 bits per heavy atom. The summed E-state index contributed by atoms with van der Waals surface area (Å²) in [5.41, 5.74) is 3.94. The number of hydrogen-bond donors (Lipinski definition) is 0. The minimum atomic E-state index is -0.0145. The Morgan fingerprint density at radius 1 is 0.533 bits per heavy atom. The van der Waals surface area contributed by atoms with Crippen LogP contribution in [0.3, 0.4) is 0 Å². The fourth-order valence-corrected chi connectivity index (χ4v) is 7.94. The van der Waals surface area contributed by atoms with E-state index in [1.165, 1.54) is 74.5 Å². The fraction of sp³-hybridized carbons (Fsp3) is 0.710. The molecule has 0 spiro atoms. The van der Waals surface area contributed by atoms with E-state index in [1.54, 1.807) is 0 Å². The van der Waals surface area contributed by atoms with E-state index in [2.05, 4.69) is 118 Å². The maximum Gasteiger partial charge on any atom is 1.00 e. The van der Waals surface area contributed by atoms with E-state index in [0.29, 0.717) is 35.0 Å². The van der Waals surface area contributed by atoms with Crippen LogP contribution in [0.2, 0.25) is 0 Å². The second-order valence-corrected chi connectivity index (χ2v) is 22.3. The van der Waals surface area contributed by atoms with Crippen molar-refractivity contribution in [2.24, 2.45) is 40.4 Å². The molecule has 4 saturated carbocycles. The predicted molar refractivity (Wildman–Crippen MR) is 290 cm³/mol. The molecule has 13 heteroatoms. The number of unbranched alkanes of at least 4 members (excludes halogenated alkanes) is 4. The zero-order valence-electron chi connectivity index (χ0n) is 51.1. The van der Waals surface area contributed by atoms with Crippen LogP contribution in [-0.4, -0.2) is 23.1 Å². The van der Waals surface area contributed by atoms with E-state index < -0.39 is 0 Å². The fourth-order valence-electron chi connectivity index (χ4n) is 7.94. The van der Waals surface area contributed by atoms with Crippen LogP contribution in [0.15, 0.2) is 54.6 Å². The summed E-state index contributed by atoms with van der Waals surface area (Å²) in [4.78, 5) is 43.5. The Labute approximate surface area is 720 Å². The van der Waals surface area contributed by atoms with Gasteiger partial charge in [0.1, 0.15) is 11.6 Å². The molecule has 0 saturated heterocycles. The summed E-state index contributed by atoms with van der Waals surface area (Å²) in [6.45, 7) is 38.5. The maximum atomic E-state index is 11.2. The molecular weight excluding hydrogens is 1130 g/mol. The molecule has 2 aromatic carbocycles. The van der Waals surface area contributed by atoms with Gasteiger partial charge < -0.3 is 21.4 Å². The Balaban J connectivity index is -0.0000000689. The van der Waals surface area contributed by atoms with Crippen molar-refractivity contribution in [3.8, 4) is 11.1 Å². The number of rotatable bonds is 10. The first-order valence-corrected chi connectivity index (χ1v) is 26.8. The summed E-state index contributed by atoms with van der Waals surface area (Å²) < 4.78 is 0. The van der Waals surface area contributed by atoms with Crippen molar-refractivity contribution in [1.29, 1.82) is 0 Å². The van der Waals surface area contributed by atoms with E-state index in [-0.39, 0.29) is 334 Å². The summed E-state index contributed by atoms with van der Waals surface area (Å²) in [5.74, 6) is 7.09. The van der Waals surface area contributed by atoms with Crippen molar-refractivity contribution in [3.05, 3.63) is 72.0 Å². The first kappa shape index (κ1) is 107. The van der Waals surface area contributed by atoms with Crippen LogP contribution in [0.1, 0.15) is 245 Å². The number of benzene rings is 2. The molecule has 436 valence electrons.